The fraction of sp³-hybridized carbons (Fsp3) is 0.647. The standard InChI is InChI=1S/C17H27NO2/c1-12(2)15-9-14(8-13-6-5-7-18-11-13)16(19-3)10-17(15)20-4/h9-10,12-13,18H,5-8,11H2,1-4H3. The van der Waals surface area contributed by atoms with Crippen molar-refractivity contribution < 1.29 is 9.47 Å². The van der Waals surface area contributed by atoms with Gasteiger partial charge in [-0.05, 0) is 61.4 Å². The second-order valence-electron chi connectivity index (χ2n) is 5.98. The Kier molecular flexibility index (Phi) is 5.30. The monoisotopic (exact) mass is 277 g/mol. The molecule has 0 spiro atoms. The summed E-state index contributed by atoms with van der Waals surface area (Å²) in [6.07, 6.45) is 3.67. The Balaban J connectivity index is 2.27. The number of nitrogens with one attached hydrogen (secondary N) is 1. The summed E-state index contributed by atoms with van der Waals surface area (Å²) >= 11 is 0. The van der Waals surface area contributed by atoms with Gasteiger partial charge in [-0.3, -0.25) is 0 Å². The van der Waals surface area contributed by atoms with E-state index in [0.717, 1.165) is 31.0 Å². The van der Waals surface area contributed by atoms with Crippen molar-refractivity contribution in [3.05, 3.63) is 23.3 Å². The first kappa shape index (κ1) is 15.2. The molecular weight excluding hydrogens is 250 g/mol. The number of piperidine rings is 1. The lowest BCUT2D eigenvalue weighted by molar-refractivity contribution is 0.360. The van der Waals surface area contributed by atoms with E-state index < -0.39 is 0 Å². The zero-order valence-electron chi connectivity index (χ0n) is 13.2. The number of rotatable bonds is 5. The largest absolute Gasteiger partial charge is 0.496 e. The molecule has 0 amide bonds. The van der Waals surface area contributed by atoms with Gasteiger partial charge in [-0.15, -0.1) is 0 Å². The number of hydrogen-bond donors (Lipinski definition) is 1. The maximum atomic E-state index is 5.56. The molecule has 1 heterocycles. The summed E-state index contributed by atoms with van der Waals surface area (Å²) in [6.45, 7) is 6.69. The predicted molar refractivity (Wildman–Crippen MR) is 82.9 cm³/mol. The second-order valence-corrected chi connectivity index (χ2v) is 5.98. The Morgan fingerprint density at radius 3 is 2.50 bits per heavy atom. The van der Waals surface area contributed by atoms with Gasteiger partial charge in [0.25, 0.3) is 0 Å². The summed E-state index contributed by atoms with van der Waals surface area (Å²) in [5.41, 5.74) is 2.58. The van der Waals surface area contributed by atoms with Crippen LogP contribution in [0.15, 0.2) is 12.1 Å². The summed E-state index contributed by atoms with van der Waals surface area (Å²) in [5, 5.41) is 3.49. The maximum Gasteiger partial charge on any atom is 0.126 e. The van der Waals surface area contributed by atoms with Crippen LogP contribution in [0, 0.1) is 5.92 Å². The van der Waals surface area contributed by atoms with E-state index in [-0.39, 0.29) is 0 Å². The van der Waals surface area contributed by atoms with Crippen LogP contribution >= 0.6 is 0 Å². The van der Waals surface area contributed by atoms with Gasteiger partial charge in [0, 0.05) is 6.07 Å². The Labute approximate surface area is 122 Å². The first-order chi connectivity index (χ1) is 9.65. The zero-order valence-corrected chi connectivity index (χ0v) is 13.2. The van der Waals surface area contributed by atoms with Crippen LogP contribution in [0.1, 0.15) is 43.7 Å². The molecular formula is C17H27NO2. The lowest BCUT2D eigenvalue weighted by atomic mass is 9.89. The van der Waals surface area contributed by atoms with E-state index in [0.29, 0.717) is 11.8 Å². The van der Waals surface area contributed by atoms with E-state index >= 15 is 0 Å². The van der Waals surface area contributed by atoms with Crippen LogP contribution in [0.2, 0.25) is 0 Å². The third kappa shape index (κ3) is 3.45. The Morgan fingerprint density at radius 2 is 1.95 bits per heavy atom. The van der Waals surface area contributed by atoms with Gasteiger partial charge in [-0.25, -0.2) is 0 Å². The first-order valence-electron chi connectivity index (χ1n) is 7.61. The summed E-state index contributed by atoms with van der Waals surface area (Å²) in [5.74, 6) is 3.06. The molecule has 112 valence electrons. The van der Waals surface area contributed by atoms with Gasteiger partial charge in [0.1, 0.15) is 11.5 Å². The molecule has 3 nitrogen and oxygen atoms in total. The molecule has 1 fully saturated rings. The van der Waals surface area contributed by atoms with Crippen LogP contribution in [-0.4, -0.2) is 27.3 Å². The predicted octanol–water partition coefficient (Wildman–Crippen LogP) is 3.37. The van der Waals surface area contributed by atoms with E-state index in [4.69, 9.17) is 9.47 Å². The van der Waals surface area contributed by atoms with E-state index in [1.54, 1.807) is 14.2 Å². The Morgan fingerprint density at radius 1 is 1.20 bits per heavy atom. The van der Waals surface area contributed by atoms with Gasteiger partial charge in [0.2, 0.25) is 0 Å². The fourth-order valence-corrected chi connectivity index (χ4v) is 3.01. The minimum absolute atomic E-state index is 0.457. The molecule has 0 saturated carbocycles. The molecule has 1 aliphatic rings. The lowest BCUT2D eigenvalue weighted by Crippen LogP contribution is -2.30. The molecule has 1 atom stereocenters. The third-order valence-corrected chi connectivity index (χ3v) is 4.16. The molecule has 1 aromatic carbocycles. The first-order valence-corrected chi connectivity index (χ1v) is 7.61. The van der Waals surface area contributed by atoms with E-state index in [1.807, 2.05) is 6.07 Å². The second kappa shape index (κ2) is 6.98. The SMILES string of the molecule is COc1cc(OC)c(C(C)C)cc1CC1CCCNC1. The lowest BCUT2D eigenvalue weighted by Gasteiger charge is -2.24. The highest BCUT2D eigenvalue weighted by Gasteiger charge is 2.18. The van der Waals surface area contributed by atoms with Crippen LogP contribution in [0.5, 0.6) is 11.5 Å². The van der Waals surface area contributed by atoms with E-state index in [1.165, 1.54) is 24.0 Å². The molecule has 3 heteroatoms. The van der Waals surface area contributed by atoms with Crippen molar-refractivity contribution in [1.82, 2.24) is 5.32 Å². The molecule has 0 aliphatic carbocycles. The van der Waals surface area contributed by atoms with Crippen molar-refractivity contribution in [2.45, 2.75) is 39.0 Å². The minimum Gasteiger partial charge on any atom is -0.496 e. The van der Waals surface area contributed by atoms with Gasteiger partial charge in [-0.2, -0.15) is 0 Å². The van der Waals surface area contributed by atoms with Crippen molar-refractivity contribution in [2.75, 3.05) is 27.3 Å². The minimum atomic E-state index is 0.457. The molecule has 0 aromatic heterocycles. The average molecular weight is 277 g/mol. The third-order valence-electron chi connectivity index (χ3n) is 4.16. The van der Waals surface area contributed by atoms with Crippen molar-refractivity contribution in [2.24, 2.45) is 5.92 Å². The van der Waals surface area contributed by atoms with E-state index in [9.17, 15) is 0 Å². The molecule has 0 bridgehead atoms. The number of benzene rings is 1. The number of methoxy groups -OCH3 is 2. The van der Waals surface area contributed by atoms with Crippen LogP contribution in [0.3, 0.4) is 0 Å². The maximum absolute atomic E-state index is 5.56. The van der Waals surface area contributed by atoms with Crippen molar-refractivity contribution in [3.8, 4) is 11.5 Å². The van der Waals surface area contributed by atoms with Crippen molar-refractivity contribution in [3.63, 3.8) is 0 Å². The molecule has 1 aromatic rings. The van der Waals surface area contributed by atoms with E-state index in [2.05, 4.69) is 25.2 Å². The Hall–Kier alpha value is -1.22. The van der Waals surface area contributed by atoms with Crippen LogP contribution in [0.25, 0.3) is 0 Å². The molecule has 1 aliphatic heterocycles. The van der Waals surface area contributed by atoms with Crippen LogP contribution in [0.4, 0.5) is 0 Å². The molecule has 2 rings (SSSR count). The summed E-state index contributed by atoms with van der Waals surface area (Å²) in [4.78, 5) is 0. The fourth-order valence-electron chi connectivity index (χ4n) is 3.01. The zero-order chi connectivity index (χ0) is 14.5. The summed E-state index contributed by atoms with van der Waals surface area (Å²) < 4.78 is 11.1. The topological polar surface area (TPSA) is 30.5 Å². The van der Waals surface area contributed by atoms with Crippen molar-refractivity contribution >= 4 is 0 Å². The van der Waals surface area contributed by atoms with Gasteiger partial charge in [-0.1, -0.05) is 13.8 Å². The van der Waals surface area contributed by atoms with Crippen LogP contribution < -0.4 is 14.8 Å². The molecule has 20 heavy (non-hydrogen) atoms. The van der Waals surface area contributed by atoms with Gasteiger partial charge in [0.05, 0.1) is 14.2 Å². The quantitative estimate of drug-likeness (QED) is 0.895. The molecule has 0 radical (unpaired) electrons. The van der Waals surface area contributed by atoms with Gasteiger partial charge >= 0.3 is 0 Å². The molecule has 1 unspecified atom stereocenters. The van der Waals surface area contributed by atoms with Crippen molar-refractivity contribution in [1.29, 1.82) is 0 Å². The summed E-state index contributed by atoms with van der Waals surface area (Å²) in [7, 11) is 3.47. The number of ether oxygens (including phenoxy) is 2. The highest BCUT2D eigenvalue weighted by molar-refractivity contribution is 5.48. The summed E-state index contributed by atoms with van der Waals surface area (Å²) in [6, 6.07) is 4.32. The molecule has 1 N–H and O–H groups in total. The highest BCUT2D eigenvalue weighted by atomic mass is 16.5. The smallest absolute Gasteiger partial charge is 0.126 e. The molecule has 1 saturated heterocycles. The van der Waals surface area contributed by atoms with Gasteiger partial charge in [0.15, 0.2) is 0 Å². The normalized spacial score (nSPS) is 19.1. The highest BCUT2D eigenvalue weighted by Crippen LogP contribution is 2.35. The van der Waals surface area contributed by atoms with Crippen LogP contribution in [-0.2, 0) is 6.42 Å². The average Bonchev–Trinajstić information content (AvgIpc) is 2.47. The Bertz CT molecular complexity index is 437. The van der Waals surface area contributed by atoms with Gasteiger partial charge < -0.3 is 14.8 Å². The number of hydrogen-bond acceptors (Lipinski definition) is 3.